The summed E-state index contributed by atoms with van der Waals surface area (Å²) in [5.41, 5.74) is 3.34. The van der Waals surface area contributed by atoms with Crippen molar-refractivity contribution in [1.29, 1.82) is 0 Å². The van der Waals surface area contributed by atoms with Gasteiger partial charge in [0, 0.05) is 19.2 Å². The Morgan fingerprint density at radius 1 is 1.30 bits per heavy atom. The van der Waals surface area contributed by atoms with Crippen LogP contribution in [-0.2, 0) is 0 Å². The summed E-state index contributed by atoms with van der Waals surface area (Å²) in [7, 11) is 0. The molecule has 0 bridgehead atoms. The number of aromatic nitrogens is 1. The van der Waals surface area contributed by atoms with E-state index in [1.165, 1.54) is 19.3 Å². The zero-order chi connectivity index (χ0) is 13.8. The molecule has 1 aliphatic heterocycles. The third-order valence-corrected chi connectivity index (χ3v) is 3.74. The largest absolute Gasteiger partial charge is 0.477 e. The highest BCUT2D eigenvalue weighted by Crippen LogP contribution is 2.29. The first-order valence-electron chi connectivity index (χ1n) is 7.47. The first kappa shape index (κ1) is 13.4. The van der Waals surface area contributed by atoms with Crippen molar-refractivity contribution in [3.8, 4) is 5.88 Å². The van der Waals surface area contributed by atoms with Gasteiger partial charge in [0.15, 0.2) is 0 Å². The molecule has 2 aliphatic rings. The molecule has 2 fully saturated rings. The molecule has 1 N–H and O–H groups in total. The summed E-state index contributed by atoms with van der Waals surface area (Å²) >= 11 is 0. The average molecular weight is 275 g/mol. The summed E-state index contributed by atoms with van der Waals surface area (Å²) in [4.78, 5) is 16.4. The molecular weight excluding hydrogens is 254 g/mol. The number of hydrogen-bond acceptors (Lipinski definition) is 4. The molecule has 1 aliphatic carbocycles. The SMILES string of the molecule is O=C(NN1CCCCC1)c1cccc(OCC2CC2)n1. The topological polar surface area (TPSA) is 54.5 Å². The van der Waals surface area contributed by atoms with E-state index in [1.807, 2.05) is 11.1 Å². The van der Waals surface area contributed by atoms with Gasteiger partial charge in [0.1, 0.15) is 5.69 Å². The molecule has 1 amide bonds. The number of rotatable bonds is 5. The van der Waals surface area contributed by atoms with Crippen LogP contribution < -0.4 is 10.2 Å². The highest BCUT2D eigenvalue weighted by molar-refractivity contribution is 5.91. The molecule has 1 aromatic heterocycles. The maximum atomic E-state index is 12.1. The molecule has 20 heavy (non-hydrogen) atoms. The van der Waals surface area contributed by atoms with E-state index >= 15 is 0 Å². The number of piperidine rings is 1. The van der Waals surface area contributed by atoms with Crippen molar-refractivity contribution in [3.05, 3.63) is 23.9 Å². The highest BCUT2D eigenvalue weighted by atomic mass is 16.5. The van der Waals surface area contributed by atoms with E-state index in [-0.39, 0.29) is 5.91 Å². The zero-order valence-corrected chi connectivity index (χ0v) is 11.7. The lowest BCUT2D eigenvalue weighted by atomic mass is 10.2. The second-order valence-electron chi connectivity index (χ2n) is 5.60. The van der Waals surface area contributed by atoms with E-state index in [4.69, 9.17) is 4.74 Å². The van der Waals surface area contributed by atoms with Crippen molar-refractivity contribution in [2.75, 3.05) is 19.7 Å². The van der Waals surface area contributed by atoms with E-state index < -0.39 is 0 Å². The van der Waals surface area contributed by atoms with Crippen LogP contribution in [0, 0.1) is 5.92 Å². The molecule has 0 atom stereocenters. The average Bonchev–Trinajstić information content (AvgIpc) is 3.31. The maximum Gasteiger partial charge on any atom is 0.284 e. The molecule has 0 spiro atoms. The summed E-state index contributed by atoms with van der Waals surface area (Å²) in [6.07, 6.45) is 6.01. The summed E-state index contributed by atoms with van der Waals surface area (Å²) in [5.74, 6) is 1.08. The van der Waals surface area contributed by atoms with Crippen LogP contribution >= 0.6 is 0 Å². The molecule has 5 nitrogen and oxygen atoms in total. The summed E-state index contributed by atoms with van der Waals surface area (Å²) in [6.45, 7) is 2.55. The fraction of sp³-hybridized carbons (Fsp3) is 0.600. The highest BCUT2D eigenvalue weighted by Gasteiger charge is 2.22. The lowest BCUT2D eigenvalue weighted by molar-refractivity contribution is 0.0743. The molecular formula is C15H21N3O2. The van der Waals surface area contributed by atoms with Crippen LogP contribution in [0.5, 0.6) is 5.88 Å². The Morgan fingerprint density at radius 2 is 2.10 bits per heavy atom. The van der Waals surface area contributed by atoms with Gasteiger partial charge in [0.25, 0.3) is 5.91 Å². The van der Waals surface area contributed by atoms with Gasteiger partial charge in [-0.1, -0.05) is 12.5 Å². The summed E-state index contributed by atoms with van der Waals surface area (Å²) in [6, 6.07) is 5.35. The lowest BCUT2D eigenvalue weighted by Crippen LogP contribution is -2.45. The number of amides is 1. The Hall–Kier alpha value is -1.62. The second kappa shape index (κ2) is 6.22. The van der Waals surface area contributed by atoms with Gasteiger partial charge in [-0.25, -0.2) is 9.99 Å². The number of hydrogen-bond donors (Lipinski definition) is 1. The van der Waals surface area contributed by atoms with Crippen molar-refractivity contribution >= 4 is 5.91 Å². The predicted octanol–water partition coefficient (Wildman–Crippen LogP) is 2.00. The minimum absolute atomic E-state index is 0.149. The van der Waals surface area contributed by atoms with E-state index in [0.29, 0.717) is 24.1 Å². The molecule has 1 saturated carbocycles. The summed E-state index contributed by atoms with van der Waals surface area (Å²) in [5, 5.41) is 1.98. The van der Waals surface area contributed by atoms with Crippen LogP contribution in [0.25, 0.3) is 0 Å². The van der Waals surface area contributed by atoms with E-state index in [0.717, 1.165) is 25.9 Å². The van der Waals surface area contributed by atoms with Gasteiger partial charge in [0.2, 0.25) is 5.88 Å². The van der Waals surface area contributed by atoms with Crippen LogP contribution in [0.4, 0.5) is 0 Å². The first-order chi connectivity index (χ1) is 9.81. The fourth-order valence-corrected chi connectivity index (χ4v) is 2.32. The first-order valence-corrected chi connectivity index (χ1v) is 7.47. The Kier molecular flexibility index (Phi) is 4.16. The molecule has 0 unspecified atom stereocenters. The third kappa shape index (κ3) is 3.70. The molecule has 1 aromatic rings. The zero-order valence-electron chi connectivity index (χ0n) is 11.7. The molecule has 2 heterocycles. The second-order valence-corrected chi connectivity index (χ2v) is 5.60. The smallest absolute Gasteiger partial charge is 0.284 e. The number of nitrogens with zero attached hydrogens (tertiary/aromatic N) is 2. The van der Waals surface area contributed by atoms with Gasteiger partial charge in [-0.2, -0.15) is 0 Å². The van der Waals surface area contributed by atoms with Gasteiger partial charge in [-0.3, -0.25) is 10.2 Å². The van der Waals surface area contributed by atoms with Crippen LogP contribution in [0.1, 0.15) is 42.6 Å². The molecule has 108 valence electrons. The van der Waals surface area contributed by atoms with Crippen molar-refractivity contribution < 1.29 is 9.53 Å². The fourth-order valence-electron chi connectivity index (χ4n) is 2.32. The van der Waals surface area contributed by atoms with E-state index in [9.17, 15) is 4.79 Å². The van der Waals surface area contributed by atoms with Crippen LogP contribution in [0.15, 0.2) is 18.2 Å². The lowest BCUT2D eigenvalue weighted by Gasteiger charge is -2.26. The number of hydrazine groups is 1. The number of carbonyl (C=O) groups is 1. The monoisotopic (exact) mass is 275 g/mol. The van der Waals surface area contributed by atoms with Crippen molar-refractivity contribution in [1.82, 2.24) is 15.4 Å². The van der Waals surface area contributed by atoms with Crippen molar-refractivity contribution in [3.63, 3.8) is 0 Å². The van der Waals surface area contributed by atoms with Gasteiger partial charge >= 0.3 is 0 Å². The number of carbonyl (C=O) groups excluding carboxylic acids is 1. The number of nitrogens with one attached hydrogen (secondary N) is 1. The standard InChI is InChI=1S/C15H21N3O2/c19-15(17-18-9-2-1-3-10-18)13-5-4-6-14(16-13)20-11-12-7-8-12/h4-6,12H,1-3,7-11H2,(H,17,19). The molecule has 1 saturated heterocycles. The maximum absolute atomic E-state index is 12.1. The van der Waals surface area contributed by atoms with Crippen LogP contribution in [0.3, 0.4) is 0 Å². The molecule has 0 radical (unpaired) electrons. The van der Waals surface area contributed by atoms with Gasteiger partial charge in [-0.05, 0) is 37.7 Å². The quantitative estimate of drug-likeness (QED) is 0.893. The molecule has 3 rings (SSSR count). The Balaban J connectivity index is 1.56. The van der Waals surface area contributed by atoms with Gasteiger partial charge in [-0.15, -0.1) is 0 Å². The van der Waals surface area contributed by atoms with Crippen molar-refractivity contribution in [2.45, 2.75) is 32.1 Å². The van der Waals surface area contributed by atoms with Crippen LogP contribution in [0.2, 0.25) is 0 Å². The van der Waals surface area contributed by atoms with Gasteiger partial charge < -0.3 is 4.74 Å². The molecule has 0 aromatic carbocycles. The Labute approximate surface area is 119 Å². The number of ether oxygens (including phenoxy) is 1. The van der Waals surface area contributed by atoms with Crippen LogP contribution in [-0.4, -0.2) is 35.6 Å². The Morgan fingerprint density at radius 3 is 2.85 bits per heavy atom. The minimum Gasteiger partial charge on any atom is -0.477 e. The normalized spacial score (nSPS) is 19.6. The van der Waals surface area contributed by atoms with E-state index in [2.05, 4.69) is 10.4 Å². The predicted molar refractivity (Wildman–Crippen MR) is 75.3 cm³/mol. The van der Waals surface area contributed by atoms with Crippen molar-refractivity contribution in [2.24, 2.45) is 5.92 Å². The van der Waals surface area contributed by atoms with E-state index in [1.54, 1.807) is 12.1 Å². The Bertz CT molecular complexity index is 468. The third-order valence-electron chi connectivity index (χ3n) is 3.74. The van der Waals surface area contributed by atoms with Gasteiger partial charge in [0.05, 0.1) is 6.61 Å². The minimum atomic E-state index is -0.149. The molecule has 5 heteroatoms. The number of pyridine rings is 1. The summed E-state index contributed by atoms with van der Waals surface area (Å²) < 4.78 is 5.61.